The maximum absolute atomic E-state index is 6.18. The molecular formula is C17H24N2O. The van der Waals surface area contributed by atoms with Gasteiger partial charge in [0.1, 0.15) is 5.76 Å². The lowest BCUT2D eigenvalue weighted by molar-refractivity contribution is 0.448. The van der Waals surface area contributed by atoms with Gasteiger partial charge in [0.05, 0.1) is 6.26 Å². The molecule has 0 fully saturated rings. The molecule has 2 atom stereocenters. The molecule has 3 N–H and O–H groups in total. The summed E-state index contributed by atoms with van der Waals surface area (Å²) in [5.41, 5.74) is 7.40. The van der Waals surface area contributed by atoms with Crippen molar-refractivity contribution in [1.29, 1.82) is 0 Å². The van der Waals surface area contributed by atoms with Gasteiger partial charge in [-0.3, -0.25) is 0 Å². The first-order valence-corrected chi connectivity index (χ1v) is 7.32. The third-order valence-electron chi connectivity index (χ3n) is 3.50. The van der Waals surface area contributed by atoms with Crippen molar-refractivity contribution in [3.05, 3.63) is 60.1 Å². The Morgan fingerprint density at radius 3 is 2.65 bits per heavy atom. The van der Waals surface area contributed by atoms with E-state index in [-0.39, 0.29) is 6.04 Å². The van der Waals surface area contributed by atoms with Crippen molar-refractivity contribution >= 4 is 0 Å². The summed E-state index contributed by atoms with van der Waals surface area (Å²) in [5, 5.41) is 3.51. The highest BCUT2D eigenvalue weighted by molar-refractivity contribution is 5.18. The van der Waals surface area contributed by atoms with Crippen molar-refractivity contribution in [2.24, 2.45) is 5.73 Å². The summed E-state index contributed by atoms with van der Waals surface area (Å²) in [4.78, 5) is 0. The zero-order valence-corrected chi connectivity index (χ0v) is 12.1. The van der Waals surface area contributed by atoms with Gasteiger partial charge in [0.25, 0.3) is 0 Å². The predicted octanol–water partition coefficient (Wildman–Crippen LogP) is 3.28. The minimum Gasteiger partial charge on any atom is -0.469 e. The Hall–Kier alpha value is -1.58. The van der Waals surface area contributed by atoms with Crippen LogP contribution in [0, 0.1) is 0 Å². The fourth-order valence-corrected chi connectivity index (χ4v) is 2.34. The molecular weight excluding hydrogens is 248 g/mol. The maximum Gasteiger partial charge on any atom is 0.105 e. The molecule has 2 aromatic rings. The van der Waals surface area contributed by atoms with E-state index in [1.807, 2.05) is 30.3 Å². The van der Waals surface area contributed by atoms with Crippen LogP contribution in [-0.4, -0.2) is 12.6 Å². The van der Waals surface area contributed by atoms with Gasteiger partial charge in [-0.25, -0.2) is 0 Å². The van der Waals surface area contributed by atoms with Gasteiger partial charge in [0.15, 0.2) is 0 Å². The second-order valence-electron chi connectivity index (χ2n) is 5.30. The van der Waals surface area contributed by atoms with Gasteiger partial charge in [0, 0.05) is 18.5 Å². The average molecular weight is 272 g/mol. The quantitative estimate of drug-likeness (QED) is 0.725. The highest BCUT2D eigenvalue weighted by Crippen LogP contribution is 2.14. The SMILES string of the molecule is CC(Cc1ccco1)NCCCC(N)c1ccccc1. The average Bonchev–Trinajstić information content (AvgIpc) is 2.97. The van der Waals surface area contributed by atoms with Crippen LogP contribution in [0.4, 0.5) is 0 Å². The first-order valence-electron chi connectivity index (χ1n) is 7.32. The lowest BCUT2D eigenvalue weighted by Gasteiger charge is -2.15. The molecule has 2 rings (SSSR count). The first kappa shape index (κ1) is 14.8. The zero-order valence-electron chi connectivity index (χ0n) is 12.1. The Balaban J connectivity index is 1.61. The smallest absolute Gasteiger partial charge is 0.105 e. The van der Waals surface area contributed by atoms with Gasteiger partial charge >= 0.3 is 0 Å². The molecule has 0 aliphatic rings. The van der Waals surface area contributed by atoms with Crippen LogP contribution in [0.25, 0.3) is 0 Å². The third kappa shape index (κ3) is 4.83. The molecule has 0 amide bonds. The van der Waals surface area contributed by atoms with Gasteiger partial charge in [-0.15, -0.1) is 0 Å². The van der Waals surface area contributed by atoms with E-state index >= 15 is 0 Å². The number of nitrogens with one attached hydrogen (secondary N) is 1. The Morgan fingerprint density at radius 2 is 1.95 bits per heavy atom. The van der Waals surface area contributed by atoms with E-state index in [1.54, 1.807) is 6.26 Å². The van der Waals surface area contributed by atoms with Crippen LogP contribution in [-0.2, 0) is 6.42 Å². The first-order chi connectivity index (χ1) is 9.75. The highest BCUT2D eigenvalue weighted by atomic mass is 16.3. The van der Waals surface area contributed by atoms with Crippen molar-refractivity contribution < 1.29 is 4.42 Å². The van der Waals surface area contributed by atoms with Gasteiger partial charge in [0.2, 0.25) is 0 Å². The molecule has 0 aliphatic carbocycles. The summed E-state index contributed by atoms with van der Waals surface area (Å²) in [7, 11) is 0. The molecule has 2 unspecified atom stereocenters. The third-order valence-corrected chi connectivity index (χ3v) is 3.50. The minimum absolute atomic E-state index is 0.137. The molecule has 0 saturated heterocycles. The van der Waals surface area contributed by atoms with Crippen molar-refractivity contribution in [1.82, 2.24) is 5.32 Å². The van der Waals surface area contributed by atoms with Crippen LogP contribution in [0.1, 0.15) is 37.1 Å². The van der Waals surface area contributed by atoms with Crippen molar-refractivity contribution in [2.45, 2.75) is 38.3 Å². The molecule has 0 spiro atoms. The summed E-state index contributed by atoms with van der Waals surface area (Å²) in [6, 6.07) is 14.8. The van der Waals surface area contributed by atoms with E-state index in [1.165, 1.54) is 5.56 Å². The van der Waals surface area contributed by atoms with E-state index in [0.29, 0.717) is 6.04 Å². The van der Waals surface area contributed by atoms with Gasteiger partial charge in [-0.1, -0.05) is 30.3 Å². The molecule has 108 valence electrons. The lowest BCUT2D eigenvalue weighted by Crippen LogP contribution is -2.29. The normalized spacial score (nSPS) is 14.1. The number of hydrogen-bond donors (Lipinski definition) is 2. The Morgan fingerprint density at radius 1 is 1.15 bits per heavy atom. The van der Waals surface area contributed by atoms with E-state index in [2.05, 4.69) is 24.4 Å². The maximum atomic E-state index is 6.18. The summed E-state index contributed by atoms with van der Waals surface area (Å²) >= 11 is 0. The van der Waals surface area contributed by atoms with Gasteiger partial charge < -0.3 is 15.5 Å². The fraction of sp³-hybridized carbons (Fsp3) is 0.412. The van der Waals surface area contributed by atoms with Crippen LogP contribution < -0.4 is 11.1 Å². The molecule has 1 heterocycles. The lowest BCUT2D eigenvalue weighted by atomic mass is 10.0. The van der Waals surface area contributed by atoms with E-state index in [0.717, 1.165) is 31.6 Å². The van der Waals surface area contributed by atoms with Crippen LogP contribution in [0.15, 0.2) is 53.1 Å². The number of furan rings is 1. The Kier molecular flexibility index (Phi) is 5.84. The molecule has 1 aromatic carbocycles. The molecule has 3 heteroatoms. The van der Waals surface area contributed by atoms with Gasteiger partial charge in [-0.2, -0.15) is 0 Å². The summed E-state index contributed by atoms with van der Waals surface area (Å²) < 4.78 is 5.35. The number of hydrogen-bond acceptors (Lipinski definition) is 3. The van der Waals surface area contributed by atoms with Crippen LogP contribution in [0.2, 0.25) is 0 Å². The standard InChI is InChI=1S/C17H24N2O/c1-14(13-16-9-6-12-20-16)19-11-5-10-17(18)15-7-3-2-4-8-15/h2-4,6-9,12,14,17,19H,5,10-11,13,18H2,1H3. The summed E-state index contributed by atoms with van der Waals surface area (Å²) in [6.07, 6.45) is 4.74. The topological polar surface area (TPSA) is 51.2 Å². The molecule has 0 radical (unpaired) electrons. The monoisotopic (exact) mass is 272 g/mol. The van der Waals surface area contributed by atoms with E-state index < -0.39 is 0 Å². The largest absolute Gasteiger partial charge is 0.469 e. The van der Waals surface area contributed by atoms with Crippen molar-refractivity contribution in [3.8, 4) is 0 Å². The number of nitrogens with two attached hydrogens (primary N) is 1. The van der Waals surface area contributed by atoms with E-state index in [9.17, 15) is 0 Å². The molecule has 20 heavy (non-hydrogen) atoms. The summed E-state index contributed by atoms with van der Waals surface area (Å²) in [6.45, 7) is 3.17. The number of rotatable bonds is 8. The second kappa shape index (κ2) is 7.88. The second-order valence-corrected chi connectivity index (χ2v) is 5.30. The highest BCUT2D eigenvalue weighted by Gasteiger charge is 2.07. The minimum atomic E-state index is 0.137. The van der Waals surface area contributed by atoms with Crippen molar-refractivity contribution in [3.63, 3.8) is 0 Å². The Bertz CT molecular complexity index is 467. The van der Waals surface area contributed by atoms with Crippen molar-refractivity contribution in [2.75, 3.05) is 6.54 Å². The molecule has 3 nitrogen and oxygen atoms in total. The number of benzene rings is 1. The van der Waals surface area contributed by atoms with Crippen LogP contribution in [0.5, 0.6) is 0 Å². The fourth-order valence-electron chi connectivity index (χ4n) is 2.34. The molecule has 0 bridgehead atoms. The van der Waals surface area contributed by atoms with Crippen LogP contribution in [0.3, 0.4) is 0 Å². The van der Waals surface area contributed by atoms with E-state index in [4.69, 9.17) is 10.2 Å². The molecule has 1 aromatic heterocycles. The van der Waals surface area contributed by atoms with Gasteiger partial charge in [-0.05, 0) is 44.0 Å². The molecule has 0 saturated carbocycles. The molecule has 0 aliphatic heterocycles. The predicted molar refractivity (Wildman–Crippen MR) is 82.5 cm³/mol. The van der Waals surface area contributed by atoms with Crippen LogP contribution >= 0.6 is 0 Å². The zero-order chi connectivity index (χ0) is 14.2. The Labute approximate surface area is 121 Å². The summed E-state index contributed by atoms with van der Waals surface area (Å²) in [5.74, 6) is 1.03.